The van der Waals surface area contributed by atoms with Gasteiger partial charge in [0.25, 0.3) is 5.56 Å². The van der Waals surface area contributed by atoms with Crippen LogP contribution in [-0.2, 0) is 6.54 Å². The number of furan rings is 1. The highest BCUT2D eigenvalue weighted by molar-refractivity contribution is 7.99. The van der Waals surface area contributed by atoms with E-state index in [2.05, 4.69) is 4.98 Å². The fourth-order valence-electron chi connectivity index (χ4n) is 2.88. The van der Waals surface area contributed by atoms with Crippen LogP contribution in [0.5, 0.6) is 0 Å². The molecular formula is C21H18N2O3S2. The molecule has 0 amide bonds. The average molecular weight is 411 g/mol. The summed E-state index contributed by atoms with van der Waals surface area (Å²) < 4.78 is 6.99. The first-order valence-electron chi connectivity index (χ1n) is 8.77. The van der Waals surface area contributed by atoms with Gasteiger partial charge in [-0.3, -0.25) is 14.2 Å². The lowest BCUT2D eigenvalue weighted by molar-refractivity contribution is 0.102. The zero-order chi connectivity index (χ0) is 19.7. The highest BCUT2D eigenvalue weighted by Crippen LogP contribution is 2.25. The summed E-state index contributed by atoms with van der Waals surface area (Å²) in [4.78, 5) is 32.0. The minimum absolute atomic E-state index is 0.00579. The fourth-order valence-corrected chi connectivity index (χ4v) is 4.69. The van der Waals surface area contributed by atoms with E-state index >= 15 is 0 Å². The van der Waals surface area contributed by atoms with Crippen LogP contribution in [-0.4, -0.2) is 21.1 Å². The topological polar surface area (TPSA) is 65.1 Å². The van der Waals surface area contributed by atoms with Crippen molar-refractivity contribution in [3.8, 4) is 0 Å². The number of thiophene rings is 1. The van der Waals surface area contributed by atoms with E-state index in [1.165, 1.54) is 23.1 Å². The van der Waals surface area contributed by atoms with E-state index in [0.29, 0.717) is 26.7 Å². The molecule has 0 saturated carbocycles. The minimum atomic E-state index is -0.115. The Bertz CT molecular complexity index is 1190. The fraction of sp³-hybridized carbons (Fsp3) is 0.190. The molecule has 3 heterocycles. The second-order valence-electron chi connectivity index (χ2n) is 6.52. The van der Waals surface area contributed by atoms with Crippen LogP contribution in [0.25, 0.3) is 10.2 Å². The number of nitrogens with zero attached hydrogens (tertiary/aromatic N) is 2. The first kappa shape index (κ1) is 18.7. The highest BCUT2D eigenvalue weighted by Gasteiger charge is 2.16. The molecule has 0 aliphatic rings. The molecule has 28 heavy (non-hydrogen) atoms. The van der Waals surface area contributed by atoms with E-state index in [9.17, 15) is 9.59 Å². The van der Waals surface area contributed by atoms with E-state index < -0.39 is 0 Å². The van der Waals surface area contributed by atoms with Gasteiger partial charge in [-0.15, -0.1) is 11.3 Å². The Balaban J connectivity index is 1.67. The van der Waals surface area contributed by atoms with E-state index in [0.717, 1.165) is 10.4 Å². The highest BCUT2D eigenvalue weighted by atomic mass is 32.2. The van der Waals surface area contributed by atoms with Crippen molar-refractivity contribution < 1.29 is 9.21 Å². The third-order valence-corrected chi connectivity index (χ3v) is 6.26. The lowest BCUT2D eigenvalue weighted by Crippen LogP contribution is -2.23. The van der Waals surface area contributed by atoms with Gasteiger partial charge in [0.1, 0.15) is 10.6 Å². The van der Waals surface area contributed by atoms with Gasteiger partial charge in [-0.1, -0.05) is 41.6 Å². The Labute approximate surface area is 170 Å². The first-order chi connectivity index (χ1) is 13.5. The smallest absolute Gasteiger partial charge is 0.263 e. The van der Waals surface area contributed by atoms with Crippen LogP contribution in [0.15, 0.2) is 63.1 Å². The molecule has 0 fully saturated rings. The third-order valence-electron chi connectivity index (χ3n) is 4.34. The molecular weight excluding hydrogens is 392 g/mol. The van der Waals surface area contributed by atoms with Crippen LogP contribution in [0.1, 0.15) is 26.6 Å². The molecule has 0 aliphatic carbocycles. The molecule has 0 saturated heterocycles. The Morgan fingerprint density at radius 1 is 1.21 bits per heavy atom. The number of carbonyl (C=O) groups excluding carboxylic acids is 1. The molecule has 5 nitrogen and oxygen atoms in total. The Morgan fingerprint density at radius 2 is 2.00 bits per heavy atom. The van der Waals surface area contributed by atoms with Gasteiger partial charge in [-0.25, -0.2) is 4.98 Å². The molecule has 0 radical (unpaired) electrons. The number of aryl methyl sites for hydroxylation is 2. The van der Waals surface area contributed by atoms with Crippen molar-refractivity contribution >= 4 is 39.1 Å². The van der Waals surface area contributed by atoms with E-state index in [4.69, 9.17) is 4.42 Å². The molecule has 142 valence electrons. The number of benzene rings is 1. The predicted molar refractivity (Wildman–Crippen MR) is 113 cm³/mol. The Hall–Kier alpha value is -2.64. The lowest BCUT2D eigenvalue weighted by atomic mass is 10.1. The van der Waals surface area contributed by atoms with Crippen molar-refractivity contribution in [2.75, 3.05) is 5.75 Å². The zero-order valence-corrected chi connectivity index (χ0v) is 17.1. The summed E-state index contributed by atoms with van der Waals surface area (Å²) >= 11 is 2.76. The summed E-state index contributed by atoms with van der Waals surface area (Å²) in [5, 5.41) is 1.12. The summed E-state index contributed by atoms with van der Waals surface area (Å²) in [7, 11) is 0. The normalized spacial score (nSPS) is 11.2. The van der Waals surface area contributed by atoms with Crippen molar-refractivity contribution in [3.05, 3.63) is 80.8 Å². The van der Waals surface area contributed by atoms with Gasteiger partial charge in [-0.05, 0) is 32.0 Å². The number of thioether (sulfide) groups is 1. The molecule has 4 rings (SSSR count). The molecule has 0 aliphatic heterocycles. The van der Waals surface area contributed by atoms with E-state index in [1.54, 1.807) is 16.9 Å². The van der Waals surface area contributed by atoms with Gasteiger partial charge in [0, 0.05) is 10.4 Å². The zero-order valence-electron chi connectivity index (χ0n) is 15.5. The minimum Gasteiger partial charge on any atom is -0.467 e. The van der Waals surface area contributed by atoms with Gasteiger partial charge in [0.2, 0.25) is 0 Å². The van der Waals surface area contributed by atoms with Crippen molar-refractivity contribution in [1.29, 1.82) is 0 Å². The largest absolute Gasteiger partial charge is 0.467 e. The first-order valence-corrected chi connectivity index (χ1v) is 10.6. The van der Waals surface area contributed by atoms with Gasteiger partial charge in [-0.2, -0.15) is 0 Å². The maximum atomic E-state index is 13.0. The number of hydrogen-bond acceptors (Lipinski definition) is 6. The van der Waals surface area contributed by atoms with Crippen molar-refractivity contribution in [2.24, 2.45) is 0 Å². The Morgan fingerprint density at radius 3 is 2.71 bits per heavy atom. The van der Waals surface area contributed by atoms with E-state index in [1.807, 2.05) is 50.2 Å². The predicted octanol–water partition coefficient (Wildman–Crippen LogP) is 4.69. The van der Waals surface area contributed by atoms with Crippen LogP contribution in [0.3, 0.4) is 0 Å². The monoisotopic (exact) mass is 410 g/mol. The number of ketones is 1. The van der Waals surface area contributed by atoms with Gasteiger partial charge in [0.15, 0.2) is 10.9 Å². The lowest BCUT2D eigenvalue weighted by Gasteiger charge is -2.10. The van der Waals surface area contributed by atoms with E-state index in [-0.39, 0.29) is 23.6 Å². The van der Waals surface area contributed by atoms with Gasteiger partial charge in [0.05, 0.1) is 23.9 Å². The van der Waals surface area contributed by atoms with Crippen LogP contribution in [0, 0.1) is 13.8 Å². The molecule has 0 atom stereocenters. The van der Waals surface area contributed by atoms with Crippen LogP contribution in [0.4, 0.5) is 0 Å². The molecule has 0 N–H and O–H groups in total. The van der Waals surface area contributed by atoms with Crippen LogP contribution < -0.4 is 5.56 Å². The molecule has 7 heteroatoms. The summed E-state index contributed by atoms with van der Waals surface area (Å²) in [6, 6.07) is 13.0. The molecule has 4 aromatic rings. The average Bonchev–Trinajstić information content (AvgIpc) is 3.32. The second kappa shape index (κ2) is 7.77. The molecule has 0 unspecified atom stereocenters. The number of hydrogen-bond donors (Lipinski definition) is 0. The SMILES string of the molecule is Cc1ccc(C(=O)CSc2nc3sc(C)cc3c(=O)n2Cc2ccco2)cc1. The second-order valence-corrected chi connectivity index (χ2v) is 8.70. The maximum Gasteiger partial charge on any atom is 0.263 e. The number of carbonyl (C=O) groups is 1. The maximum absolute atomic E-state index is 13.0. The molecule has 1 aromatic carbocycles. The van der Waals surface area contributed by atoms with Crippen LogP contribution in [0.2, 0.25) is 0 Å². The Kier molecular flexibility index (Phi) is 5.19. The van der Waals surface area contributed by atoms with Crippen molar-refractivity contribution in [1.82, 2.24) is 9.55 Å². The number of fused-ring (bicyclic) bond motifs is 1. The molecule has 0 bridgehead atoms. The van der Waals surface area contributed by atoms with Gasteiger partial charge >= 0.3 is 0 Å². The van der Waals surface area contributed by atoms with Crippen molar-refractivity contribution in [2.45, 2.75) is 25.5 Å². The summed E-state index contributed by atoms with van der Waals surface area (Å²) in [5.74, 6) is 0.886. The third kappa shape index (κ3) is 3.81. The molecule has 0 spiro atoms. The standard InChI is InChI=1S/C21H18N2O3S2/c1-13-5-7-15(8-6-13)18(24)12-27-21-22-19-17(10-14(2)28-19)20(25)23(21)11-16-4-3-9-26-16/h3-10H,11-12H2,1-2H3. The summed E-state index contributed by atoms with van der Waals surface area (Å²) in [6.07, 6.45) is 1.58. The quantitative estimate of drug-likeness (QED) is 0.262. The number of rotatable bonds is 6. The van der Waals surface area contributed by atoms with Crippen molar-refractivity contribution in [3.63, 3.8) is 0 Å². The summed E-state index contributed by atoms with van der Waals surface area (Å²) in [5.41, 5.74) is 1.65. The number of Topliss-reactive ketones (excluding diaryl/α,β-unsaturated/α-hetero) is 1. The molecule has 3 aromatic heterocycles. The number of aromatic nitrogens is 2. The van der Waals surface area contributed by atoms with Gasteiger partial charge < -0.3 is 4.42 Å². The van der Waals surface area contributed by atoms with Crippen LogP contribution >= 0.6 is 23.1 Å². The summed E-state index contributed by atoms with van der Waals surface area (Å²) in [6.45, 7) is 4.22.